The van der Waals surface area contributed by atoms with Gasteiger partial charge >= 0.3 is 0 Å². The standard InChI is InChI=1S/C25H22Br2N2O5/c1-32-19-7-13(8-20(33-2)23(19)34-12-16-5-6-17(26)10-18(16)27)11-28-29-24(30)21-14-3-4-15(9-14)22(21)25(29)31/h3-8,10-11,14-15,21-22H,9,12H2,1-2H3/t14-,15-,21-,22+/m0/s1. The molecule has 2 amide bonds. The van der Waals surface area contributed by atoms with E-state index in [-0.39, 0.29) is 35.5 Å². The molecule has 5 rings (SSSR count). The highest BCUT2D eigenvalue weighted by atomic mass is 79.9. The summed E-state index contributed by atoms with van der Waals surface area (Å²) in [5.41, 5.74) is 1.57. The average Bonchev–Trinajstić information content (AvgIpc) is 3.51. The van der Waals surface area contributed by atoms with Gasteiger partial charge in [0.2, 0.25) is 5.75 Å². The van der Waals surface area contributed by atoms with Crippen LogP contribution in [0, 0.1) is 23.7 Å². The van der Waals surface area contributed by atoms with E-state index in [2.05, 4.69) is 49.1 Å². The predicted molar refractivity (Wildman–Crippen MR) is 133 cm³/mol. The third-order valence-corrected chi connectivity index (χ3v) is 7.87. The van der Waals surface area contributed by atoms with Crippen molar-refractivity contribution >= 4 is 49.9 Å². The first-order valence-electron chi connectivity index (χ1n) is 10.8. The molecule has 1 heterocycles. The highest BCUT2D eigenvalue weighted by Gasteiger charge is 2.59. The Balaban J connectivity index is 1.36. The van der Waals surface area contributed by atoms with Crippen molar-refractivity contribution in [2.75, 3.05) is 14.2 Å². The molecular formula is C25H22Br2N2O5. The van der Waals surface area contributed by atoms with E-state index in [0.717, 1.165) is 25.9 Å². The fourth-order valence-electron chi connectivity index (χ4n) is 5.03. The number of imide groups is 1. The van der Waals surface area contributed by atoms with E-state index in [1.165, 1.54) is 20.4 Å². The quantitative estimate of drug-likeness (QED) is 0.259. The molecule has 2 bridgehead atoms. The van der Waals surface area contributed by atoms with Crippen molar-refractivity contribution in [3.8, 4) is 17.2 Å². The van der Waals surface area contributed by atoms with E-state index in [1.807, 2.05) is 18.2 Å². The van der Waals surface area contributed by atoms with Crippen LogP contribution in [0.3, 0.4) is 0 Å². The van der Waals surface area contributed by atoms with Crippen LogP contribution >= 0.6 is 31.9 Å². The Morgan fingerprint density at radius 3 is 2.18 bits per heavy atom. The molecule has 0 N–H and O–H groups in total. The molecular weight excluding hydrogens is 568 g/mol. The highest BCUT2D eigenvalue weighted by molar-refractivity contribution is 9.11. The van der Waals surface area contributed by atoms with Crippen molar-refractivity contribution in [2.24, 2.45) is 28.8 Å². The lowest BCUT2D eigenvalue weighted by molar-refractivity contribution is -0.140. The van der Waals surface area contributed by atoms with E-state index < -0.39 is 0 Å². The minimum absolute atomic E-state index is 0.147. The SMILES string of the molecule is COc1cc(C=NN2C(=O)[C@@H]3[C@H](C2=O)[C@H]2C=C[C@H]3C2)cc(OC)c1OCc1ccc(Br)cc1Br. The molecule has 4 atom stereocenters. The molecule has 1 saturated carbocycles. The number of hydrogen-bond donors (Lipinski definition) is 0. The van der Waals surface area contributed by atoms with E-state index >= 15 is 0 Å². The van der Waals surface area contributed by atoms with Crippen LogP contribution in [0.2, 0.25) is 0 Å². The van der Waals surface area contributed by atoms with E-state index in [9.17, 15) is 9.59 Å². The van der Waals surface area contributed by atoms with Gasteiger partial charge in [-0.2, -0.15) is 10.1 Å². The molecule has 0 radical (unpaired) electrons. The van der Waals surface area contributed by atoms with Gasteiger partial charge in [0, 0.05) is 20.1 Å². The van der Waals surface area contributed by atoms with Crippen LogP contribution in [0.25, 0.3) is 0 Å². The Bertz CT molecular complexity index is 1170. The van der Waals surface area contributed by atoms with Gasteiger partial charge in [0.25, 0.3) is 11.8 Å². The van der Waals surface area contributed by atoms with Crippen LogP contribution in [-0.4, -0.2) is 37.3 Å². The summed E-state index contributed by atoms with van der Waals surface area (Å²) in [5.74, 6) is 0.643. The molecule has 34 heavy (non-hydrogen) atoms. The summed E-state index contributed by atoms with van der Waals surface area (Å²) in [6.45, 7) is 0.296. The maximum atomic E-state index is 12.9. The Morgan fingerprint density at radius 1 is 1.00 bits per heavy atom. The number of ether oxygens (including phenoxy) is 3. The molecule has 2 aliphatic carbocycles. The topological polar surface area (TPSA) is 77.4 Å². The number of hydrazone groups is 1. The van der Waals surface area contributed by atoms with Crippen LogP contribution in [0.4, 0.5) is 0 Å². The van der Waals surface area contributed by atoms with Crippen LogP contribution in [0.15, 0.2) is 56.5 Å². The van der Waals surface area contributed by atoms with Crippen LogP contribution < -0.4 is 14.2 Å². The van der Waals surface area contributed by atoms with Crippen molar-refractivity contribution in [2.45, 2.75) is 13.0 Å². The predicted octanol–water partition coefficient (Wildman–Crippen LogP) is 4.95. The lowest BCUT2D eigenvalue weighted by Crippen LogP contribution is -2.28. The number of amides is 2. The molecule has 0 aromatic heterocycles. The number of halogens is 2. The summed E-state index contributed by atoms with van der Waals surface area (Å²) >= 11 is 6.98. The van der Waals surface area contributed by atoms with Gasteiger partial charge in [-0.3, -0.25) is 9.59 Å². The van der Waals surface area contributed by atoms with Crippen LogP contribution in [-0.2, 0) is 16.2 Å². The Morgan fingerprint density at radius 2 is 1.62 bits per heavy atom. The minimum atomic E-state index is -0.280. The van der Waals surface area contributed by atoms with Crippen LogP contribution in [0.5, 0.6) is 17.2 Å². The number of benzene rings is 2. The minimum Gasteiger partial charge on any atom is -0.493 e. The van der Waals surface area contributed by atoms with Gasteiger partial charge in [0.15, 0.2) is 11.5 Å². The van der Waals surface area contributed by atoms with Crippen molar-refractivity contribution in [1.29, 1.82) is 0 Å². The third kappa shape index (κ3) is 3.94. The molecule has 2 fully saturated rings. The number of allylic oxidation sites excluding steroid dienone is 2. The first-order valence-corrected chi connectivity index (χ1v) is 12.4. The van der Waals surface area contributed by atoms with E-state index in [0.29, 0.717) is 29.4 Å². The molecule has 2 aromatic carbocycles. The maximum Gasteiger partial charge on any atom is 0.254 e. The second kappa shape index (κ2) is 9.19. The number of rotatable bonds is 7. The van der Waals surface area contributed by atoms with Crippen molar-refractivity contribution < 1.29 is 23.8 Å². The Labute approximate surface area is 214 Å². The summed E-state index contributed by atoms with van der Waals surface area (Å²) < 4.78 is 19.0. The molecule has 9 heteroatoms. The van der Waals surface area contributed by atoms with Gasteiger partial charge in [0.1, 0.15) is 6.61 Å². The molecule has 1 saturated heterocycles. The van der Waals surface area contributed by atoms with Gasteiger partial charge < -0.3 is 14.2 Å². The normalized spacial score (nSPS) is 24.9. The highest BCUT2D eigenvalue weighted by Crippen LogP contribution is 2.52. The van der Waals surface area contributed by atoms with Crippen molar-refractivity contribution in [3.63, 3.8) is 0 Å². The molecule has 0 spiro atoms. The molecule has 1 aliphatic heterocycles. The van der Waals surface area contributed by atoms with Gasteiger partial charge in [0.05, 0.1) is 32.3 Å². The molecule has 7 nitrogen and oxygen atoms in total. The smallest absolute Gasteiger partial charge is 0.254 e. The lowest BCUT2D eigenvalue weighted by Gasteiger charge is -2.16. The van der Waals surface area contributed by atoms with Gasteiger partial charge in [-0.15, -0.1) is 0 Å². The second-order valence-corrected chi connectivity index (χ2v) is 10.3. The molecule has 0 unspecified atom stereocenters. The van der Waals surface area contributed by atoms with Crippen molar-refractivity contribution in [1.82, 2.24) is 5.01 Å². The van der Waals surface area contributed by atoms with E-state index in [1.54, 1.807) is 12.1 Å². The number of fused-ring (bicyclic) bond motifs is 5. The number of nitrogens with zero attached hydrogens (tertiary/aromatic N) is 2. The van der Waals surface area contributed by atoms with E-state index in [4.69, 9.17) is 14.2 Å². The zero-order chi connectivity index (χ0) is 24.0. The number of carbonyl (C=O) groups excluding carboxylic acids is 2. The Hall–Kier alpha value is -2.65. The summed E-state index contributed by atoms with van der Waals surface area (Å²) in [6, 6.07) is 9.30. The van der Waals surface area contributed by atoms with Gasteiger partial charge in [-0.05, 0) is 42.5 Å². The first-order chi connectivity index (χ1) is 16.4. The van der Waals surface area contributed by atoms with Gasteiger partial charge in [-0.25, -0.2) is 0 Å². The summed E-state index contributed by atoms with van der Waals surface area (Å²) in [6.07, 6.45) is 6.49. The Kier molecular flexibility index (Phi) is 6.24. The fourth-order valence-corrected chi connectivity index (χ4v) is 6.19. The summed E-state index contributed by atoms with van der Waals surface area (Å²) in [7, 11) is 3.07. The lowest BCUT2D eigenvalue weighted by atomic mass is 9.85. The molecule has 3 aliphatic rings. The number of hydrogen-bond acceptors (Lipinski definition) is 6. The summed E-state index contributed by atoms with van der Waals surface area (Å²) in [5, 5.41) is 5.27. The van der Waals surface area contributed by atoms with Gasteiger partial charge in [-0.1, -0.05) is 50.1 Å². The number of methoxy groups -OCH3 is 2. The fraction of sp³-hybridized carbons (Fsp3) is 0.320. The molecule has 176 valence electrons. The largest absolute Gasteiger partial charge is 0.493 e. The zero-order valence-electron chi connectivity index (χ0n) is 18.5. The monoisotopic (exact) mass is 588 g/mol. The van der Waals surface area contributed by atoms with Crippen molar-refractivity contribution in [3.05, 3.63) is 62.6 Å². The maximum absolute atomic E-state index is 12.9. The third-order valence-electron chi connectivity index (χ3n) is 6.64. The van der Waals surface area contributed by atoms with Crippen LogP contribution in [0.1, 0.15) is 17.5 Å². The second-order valence-electron chi connectivity index (χ2n) is 8.51. The molecule has 2 aromatic rings. The summed E-state index contributed by atoms with van der Waals surface area (Å²) in [4.78, 5) is 25.7. The first kappa shape index (κ1) is 23.1. The number of carbonyl (C=O) groups is 2. The average molecular weight is 590 g/mol. The zero-order valence-corrected chi connectivity index (χ0v) is 21.7.